The zero-order valence-corrected chi connectivity index (χ0v) is 9.48. The summed E-state index contributed by atoms with van der Waals surface area (Å²) in [4.78, 5) is 0. The van der Waals surface area contributed by atoms with E-state index in [2.05, 4.69) is 60.7 Å². The zero-order chi connectivity index (χ0) is 11.2. The first-order valence-corrected chi connectivity index (χ1v) is 6.03. The molecule has 17 heavy (non-hydrogen) atoms. The van der Waals surface area contributed by atoms with Gasteiger partial charge in [-0.05, 0) is 45.2 Å². The molecule has 0 atom stereocenters. The van der Waals surface area contributed by atoms with E-state index in [9.17, 15) is 0 Å². The van der Waals surface area contributed by atoms with Gasteiger partial charge in [-0.2, -0.15) is 0 Å². The van der Waals surface area contributed by atoms with E-state index in [0.717, 1.165) is 6.42 Å². The molecule has 0 unspecified atom stereocenters. The first-order valence-electron chi connectivity index (χ1n) is 6.03. The molecule has 0 bridgehead atoms. The van der Waals surface area contributed by atoms with Crippen molar-refractivity contribution in [2.75, 3.05) is 0 Å². The minimum Gasteiger partial charge on any atom is -0.0795 e. The molecule has 0 N–H and O–H groups in total. The minimum atomic E-state index is 1.06. The van der Waals surface area contributed by atoms with E-state index in [1.54, 1.807) is 0 Å². The van der Waals surface area contributed by atoms with Crippen LogP contribution in [0.25, 0.3) is 27.6 Å². The molecular weight excluding hydrogens is 204 g/mol. The Morgan fingerprint density at radius 2 is 1.71 bits per heavy atom. The maximum absolute atomic E-state index is 2.30. The predicted molar refractivity (Wildman–Crippen MR) is 74.2 cm³/mol. The van der Waals surface area contributed by atoms with Crippen LogP contribution in [0.2, 0.25) is 0 Å². The number of allylic oxidation sites excluding steroid dienone is 1. The first kappa shape index (κ1) is 9.00. The Morgan fingerprint density at radius 3 is 2.71 bits per heavy atom. The van der Waals surface area contributed by atoms with Gasteiger partial charge in [-0.15, -0.1) is 0 Å². The monoisotopic (exact) mass is 216 g/mol. The van der Waals surface area contributed by atoms with Crippen LogP contribution in [0.1, 0.15) is 11.1 Å². The molecule has 0 amide bonds. The van der Waals surface area contributed by atoms with Crippen molar-refractivity contribution in [2.24, 2.45) is 0 Å². The highest BCUT2D eigenvalue weighted by Gasteiger charge is 2.11. The Balaban J connectivity index is 2.34. The van der Waals surface area contributed by atoms with Gasteiger partial charge in [0.05, 0.1) is 0 Å². The Hall–Kier alpha value is -2.08. The van der Waals surface area contributed by atoms with Crippen LogP contribution in [0.4, 0.5) is 0 Å². The number of fused-ring (bicyclic) bond motifs is 2. The normalized spacial score (nSPS) is 13.4. The van der Waals surface area contributed by atoms with Gasteiger partial charge < -0.3 is 0 Å². The van der Waals surface area contributed by atoms with E-state index in [4.69, 9.17) is 0 Å². The lowest BCUT2D eigenvalue weighted by atomic mass is 9.89. The number of rotatable bonds is 0. The van der Waals surface area contributed by atoms with Gasteiger partial charge in [-0.1, -0.05) is 54.6 Å². The second-order valence-electron chi connectivity index (χ2n) is 4.63. The Morgan fingerprint density at radius 1 is 0.824 bits per heavy atom. The van der Waals surface area contributed by atoms with Crippen LogP contribution >= 0.6 is 0 Å². The minimum absolute atomic E-state index is 1.06. The van der Waals surface area contributed by atoms with Gasteiger partial charge in [0.25, 0.3) is 0 Å². The molecule has 4 rings (SSSR count). The predicted octanol–water partition coefficient (Wildman–Crippen LogP) is 4.56. The van der Waals surface area contributed by atoms with Crippen molar-refractivity contribution in [3.63, 3.8) is 0 Å². The highest BCUT2D eigenvalue weighted by atomic mass is 14.1. The molecule has 0 heteroatoms. The van der Waals surface area contributed by atoms with Gasteiger partial charge in [-0.3, -0.25) is 0 Å². The Kier molecular flexibility index (Phi) is 1.70. The number of hydrogen-bond acceptors (Lipinski definition) is 0. The third-order valence-electron chi connectivity index (χ3n) is 3.64. The van der Waals surface area contributed by atoms with Crippen molar-refractivity contribution in [3.8, 4) is 0 Å². The van der Waals surface area contributed by atoms with Crippen LogP contribution in [-0.2, 0) is 6.42 Å². The molecule has 3 aromatic carbocycles. The van der Waals surface area contributed by atoms with Crippen molar-refractivity contribution in [1.82, 2.24) is 0 Å². The summed E-state index contributed by atoms with van der Waals surface area (Å²) in [5.41, 5.74) is 2.84. The van der Waals surface area contributed by atoms with Crippen molar-refractivity contribution in [1.29, 1.82) is 0 Å². The summed E-state index contributed by atoms with van der Waals surface area (Å²) in [6, 6.07) is 17.6. The molecule has 0 fully saturated rings. The summed E-state index contributed by atoms with van der Waals surface area (Å²) >= 11 is 0. The lowest BCUT2D eigenvalue weighted by Gasteiger charge is -2.15. The molecule has 0 heterocycles. The van der Waals surface area contributed by atoms with Gasteiger partial charge in [0.1, 0.15) is 0 Å². The lowest BCUT2D eigenvalue weighted by molar-refractivity contribution is 1.30. The van der Waals surface area contributed by atoms with Crippen LogP contribution in [-0.4, -0.2) is 0 Å². The summed E-state index contributed by atoms with van der Waals surface area (Å²) in [7, 11) is 0. The fourth-order valence-electron chi connectivity index (χ4n) is 2.89. The number of benzene rings is 3. The SMILES string of the molecule is C1=Cc2c3ccccc3cc3cccc(c23)C1. The summed E-state index contributed by atoms with van der Waals surface area (Å²) in [6.07, 6.45) is 5.60. The Bertz CT molecular complexity index is 763. The largest absolute Gasteiger partial charge is 0.0795 e. The number of hydrogen-bond donors (Lipinski definition) is 0. The topological polar surface area (TPSA) is 0 Å². The average Bonchev–Trinajstić information content (AvgIpc) is 2.39. The molecule has 80 valence electrons. The van der Waals surface area contributed by atoms with E-state index < -0.39 is 0 Å². The van der Waals surface area contributed by atoms with E-state index in [0.29, 0.717) is 0 Å². The summed E-state index contributed by atoms with van der Waals surface area (Å²) in [5, 5.41) is 5.50. The maximum Gasteiger partial charge on any atom is -0.00698 e. The van der Waals surface area contributed by atoms with Gasteiger partial charge in [0.2, 0.25) is 0 Å². The van der Waals surface area contributed by atoms with E-state index in [1.807, 2.05) is 0 Å². The first-order chi connectivity index (χ1) is 8.43. The second kappa shape index (κ2) is 3.21. The van der Waals surface area contributed by atoms with E-state index >= 15 is 0 Å². The fraction of sp³-hybridized carbons (Fsp3) is 0.0588. The molecule has 0 saturated heterocycles. The highest BCUT2D eigenvalue weighted by Crippen LogP contribution is 2.34. The van der Waals surface area contributed by atoms with Crippen LogP contribution in [0.3, 0.4) is 0 Å². The molecule has 1 aliphatic rings. The van der Waals surface area contributed by atoms with Gasteiger partial charge in [0, 0.05) is 0 Å². The Labute approximate surface area is 100 Å². The summed E-state index contributed by atoms with van der Waals surface area (Å²) in [5.74, 6) is 0. The van der Waals surface area contributed by atoms with Crippen molar-refractivity contribution in [3.05, 3.63) is 65.7 Å². The highest BCUT2D eigenvalue weighted by molar-refractivity contribution is 6.08. The van der Waals surface area contributed by atoms with Gasteiger partial charge in [-0.25, -0.2) is 0 Å². The molecule has 0 radical (unpaired) electrons. The van der Waals surface area contributed by atoms with Crippen molar-refractivity contribution < 1.29 is 0 Å². The molecule has 0 saturated carbocycles. The molecule has 0 spiro atoms. The quantitative estimate of drug-likeness (QED) is 0.483. The maximum atomic E-state index is 2.30. The van der Waals surface area contributed by atoms with Crippen LogP contribution < -0.4 is 0 Å². The molecular formula is C17H12. The molecule has 0 aromatic heterocycles. The summed E-state index contributed by atoms with van der Waals surface area (Å²) in [6.45, 7) is 0. The van der Waals surface area contributed by atoms with E-state index in [-0.39, 0.29) is 0 Å². The van der Waals surface area contributed by atoms with Gasteiger partial charge in [0.15, 0.2) is 0 Å². The third-order valence-corrected chi connectivity index (χ3v) is 3.64. The summed E-state index contributed by atoms with van der Waals surface area (Å²) < 4.78 is 0. The molecule has 0 nitrogen and oxygen atoms in total. The lowest BCUT2D eigenvalue weighted by Crippen LogP contribution is -1.93. The molecule has 0 aliphatic heterocycles. The van der Waals surface area contributed by atoms with Gasteiger partial charge >= 0.3 is 0 Å². The van der Waals surface area contributed by atoms with Crippen LogP contribution in [0.15, 0.2) is 54.6 Å². The van der Waals surface area contributed by atoms with Crippen molar-refractivity contribution in [2.45, 2.75) is 6.42 Å². The van der Waals surface area contributed by atoms with Crippen LogP contribution in [0.5, 0.6) is 0 Å². The van der Waals surface area contributed by atoms with E-state index in [1.165, 1.54) is 32.7 Å². The smallest absolute Gasteiger partial charge is 0.00698 e. The van der Waals surface area contributed by atoms with Crippen molar-refractivity contribution >= 4 is 27.6 Å². The molecule has 1 aliphatic carbocycles. The zero-order valence-electron chi connectivity index (χ0n) is 9.48. The third kappa shape index (κ3) is 1.18. The molecule has 3 aromatic rings. The average molecular weight is 216 g/mol. The van der Waals surface area contributed by atoms with Crippen LogP contribution in [0, 0.1) is 0 Å². The standard InChI is InChI=1S/C17H12/c1-2-9-15-13(5-1)11-14-8-3-6-12-7-4-10-16(15)17(12)14/h1-6,8-11H,7H2. The second-order valence-corrected chi connectivity index (χ2v) is 4.63. The fourth-order valence-corrected chi connectivity index (χ4v) is 2.89.